The topological polar surface area (TPSA) is 77.2 Å². The molecule has 0 radical (unpaired) electrons. The SMILES string of the molecule is COc1ccc(-c2noc(CCCC(=O)Nc3cc(F)ccc3F)n2)cc1. The van der Waals surface area contributed by atoms with E-state index in [1.807, 2.05) is 12.1 Å². The van der Waals surface area contributed by atoms with Crippen LogP contribution in [0.3, 0.4) is 0 Å². The Labute approximate surface area is 154 Å². The number of aromatic nitrogens is 2. The number of benzene rings is 2. The van der Waals surface area contributed by atoms with Crippen LogP contribution in [0.2, 0.25) is 0 Å². The highest BCUT2D eigenvalue weighted by Gasteiger charge is 2.11. The summed E-state index contributed by atoms with van der Waals surface area (Å²) in [4.78, 5) is 16.2. The summed E-state index contributed by atoms with van der Waals surface area (Å²) in [5.74, 6) is -0.170. The van der Waals surface area contributed by atoms with Crippen molar-refractivity contribution in [1.82, 2.24) is 10.1 Å². The second-order valence-corrected chi connectivity index (χ2v) is 5.77. The molecule has 0 fully saturated rings. The molecule has 0 aliphatic rings. The van der Waals surface area contributed by atoms with Crippen molar-refractivity contribution < 1.29 is 22.8 Å². The normalized spacial score (nSPS) is 10.6. The van der Waals surface area contributed by atoms with Crippen LogP contribution in [0.1, 0.15) is 18.7 Å². The van der Waals surface area contributed by atoms with Gasteiger partial charge in [0.1, 0.15) is 17.4 Å². The van der Waals surface area contributed by atoms with E-state index in [-0.39, 0.29) is 12.1 Å². The molecule has 3 aromatic rings. The molecule has 0 saturated heterocycles. The standard InChI is InChI=1S/C19H17F2N3O3/c1-26-14-8-5-12(6-9-14)19-23-18(27-24-19)4-2-3-17(25)22-16-11-13(20)7-10-15(16)21/h5-11H,2-4H2,1H3,(H,22,25). The summed E-state index contributed by atoms with van der Waals surface area (Å²) in [7, 11) is 1.58. The monoisotopic (exact) mass is 373 g/mol. The van der Waals surface area contributed by atoms with E-state index in [0.29, 0.717) is 24.6 Å². The van der Waals surface area contributed by atoms with E-state index in [1.54, 1.807) is 19.2 Å². The van der Waals surface area contributed by atoms with Gasteiger partial charge in [-0.15, -0.1) is 0 Å². The summed E-state index contributed by atoms with van der Waals surface area (Å²) >= 11 is 0. The van der Waals surface area contributed by atoms with Crippen LogP contribution in [0.25, 0.3) is 11.4 Å². The van der Waals surface area contributed by atoms with Crippen LogP contribution in [0.5, 0.6) is 5.75 Å². The molecule has 0 aliphatic carbocycles. The van der Waals surface area contributed by atoms with Gasteiger partial charge in [0.15, 0.2) is 0 Å². The number of nitrogens with zero attached hydrogens (tertiary/aromatic N) is 2. The fourth-order valence-electron chi connectivity index (χ4n) is 2.42. The van der Waals surface area contributed by atoms with Crippen molar-refractivity contribution in [2.24, 2.45) is 0 Å². The van der Waals surface area contributed by atoms with Crippen LogP contribution < -0.4 is 10.1 Å². The van der Waals surface area contributed by atoms with Crippen molar-refractivity contribution in [3.63, 3.8) is 0 Å². The summed E-state index contributed by atoms with van der Waals surface area (Å²) in [6.45, 7) is 0. The molecule has 0 bridgehead atoms. The molecule has 0 spiro atoms. The summed E-state index contributed by atoms with van der Waals surface area (Å²) in [5, 5.41) is 6.26. The maximum Gasteiger partial charge on any atom is 0.226 e. The average molecular weight is 373 g/mol. The lowest BCUT2D eigenvalue weighted by Crippen LogP contribution is -2.13. The molecule has 27 heavy (non-hydrogen) atoms. The van der Waals surface area contributed by atoms with Gasteiger partial charge in [0.2, 0.25) is 17.6 Å². The number of hydrogen-bond acceptors (Lipinski definition) is 5. The predicted molar refractivity (Wildman–Crippen MR) is 94.2 cm³/mol. The Bertz CT molecular complexity index is 926. The molecule has 0 unspecified atom stereocenters. The molecule has 0 aliphatic heterocycles. The first kappa shape index (κ1) is 18.5. The second-order valence-electron chi connectivity index (χ2n) is 5.77. The van der Waals surface area contributed by atoms with Crippen LogP contribution in [-0.4, -0.2) is 23.2 Å². The molecule has 1 amide bonds. The number of nitrogens with one attached hydrogen (secondary N) is 1. The first-order chi connectivity index (χ1) is 13.0. The minimum Gasteiger partial charge on any atom is -0.497 e. The molecule has 0 saturated carbocycles. The maximum atomic E-state index is 13.5. The van der Waals surface area contributed by atoms with E-state index in [9.17, 15) is 13.6 Å². The van der Waals surface area contributed by atoms with Crippen LogP contribution in [-0.2, 0) is 11.2 Å². The summed E-state index contributed by atoms with van der Waals surface area (Å²) in [6, 6.07) is 10.1. The minimum absolute atomic E-state index is 0.107. The van der Waals surface area contributed by atoms with E-state index < -0.39 is 17.5 Å². The van der Waals surface area contributed by atoms with Gasteiger partial charge in [0.25, 0.3) is 0 Å². The van der Waals surface area contributed by atoms with Crippen molar-refractivity contribution >= 4 is 11.6 Å². The Hall–Kier alpha value is -3.29. The zero-order chi connectivity index (χ0) is 19.2. The molecule has 1 N–H and O–H groups in total. The van der Waals surface area contributed by atoms with Gasteiger partial charge < -0.3 is 14.6 Å². The molecule has 6 nitrogen and oxygen atoms in total. The number of hydrogen-bond donors (Lipinski definition) is 1. The summed E-state index contributed by atoms with van der Waals surface area (Å²) in [6.07, 6.45) is 0.922. The number of carbonyl (C=O) groups is 1. The smallest absolute Gasteiger partial charge is 0.226 e. The molecular formula is C19H17F2N3O3. The van der Waals surface area contributed by atoms with Gasteiger partial charge in [-0.25, -0.2) is 8.78 Å². The van der Waals surface area contributed by atoms with Crippen LogP contribution >= 0.6 is 0 Å². The van der Waals surface area contributed by atoms with E-state index >= 15 is 0 Å². The Morgan fingerprint density at radius 3 is 2.70 bits per heavy atom. The first-order valence-electron chi connectivity index (χ1n) is 8.27. The maximum absolute atomic E-state index is 13.5. The minimum atomic E-state index is -0.689. The van der Waals surface area contributed by atoms with Gasteiger partial charge >= 0.3 is 0 Å². The third-order valence-electron chi connectivity index (χ3n) is 3.81. The number of amides is 1. The zero-order valence-corrected chi connectivity index (χ0v) is 14.5. The van der Waals surface area contributed by atoms with Gasteiger partial charge in [0.05, 0.1) is 12.8 Å². The van der Waals surface area contributed by atoms with E-state index in [2.05, 4.69) is 15.5 Å². The van der Waals surface area contributed by atoms with Gasteiger partial charge in [-0.3, -0.25) is 4.79 Å². The molecule has 140 valence electrons. The molecule has 1 aromatic heterocycles. The number of aryl methyl sites for hydroxylation is 1. The number of halogens is 2. The van der Waals surface area contributed by atoms with E-state index in [1.165, 1.54) is 0 Å². The van der Waals surface area contributed by atoms with Crippen molar-refractivity contribution in [3.05, 3.63) is 60.0 Å². The zero-order valence-electron chi connectivity index (χ0n) is 14.5. The highest BCUT2D eigenvalue weighted by molar-refractivity contribution is 5.90. The van der Waals surface area contributed by atoms with Gasteiger partial charge in [-0.05, 0) is 42.8 Å². The quantitative estimate of drug-likeness (QED) is 0.678. The fraction of sp³-hybridized carbons (Fsp3) is 0.211. The van der Waals surface area contributed by atoms with Crippen molar-refractivity contribution in [2.75, 3.05) is 12.4 Å². The molecule has 3 rings (SSSR count). The molecular weight excluding hydrogens is 356 g/mol. The number of anilines is 1. The Balaban J connectivity index is 1.51. The largest absolute Gasteiger partial charge is 0.497 e. The molecule has 2 aromatic carbocycles. The second kappa shape index (κ2) is 8.39. The Morgan fingerprint density at radius 2 is 1.96 bits per heavy atom. The van der Waals surface area contributed by atoms with Crippen molar-refractivity contribution in [3.8, 4) is 17.1 Å². The van der Waals surface area contributed by atoms with Gasteiger partial charge in [-0.1, -0.05) is 5.16 Å². The van der Waals surface area contributed by atoms with Gasteiger partial charge in [-0.2, -0.15) is 4.98 Å². The number of methoxy groups -OCH3 is 1. The highest BCUT2D eigenvalue weighted by atomic mass is 19.1. The number of ether oxygens (including phenoxy) is 1. The number of rotatable bonds is 7. The van der Waals surface area contributed by atoms with E-state index in [4.69, 9.17) is 9.26 Å². The Morgan fingerprint density at radius 1 is 1.19 bits per heavy atom. The van der Waals surface area contributed by atoms with Crippen LogP contribution in [0.4, 0.5) is 14.5 Å². The van der Waals surface area contributed by atoms with Crippen LogP contribution in [0, 0.1) is 11.6 Å². The average Bonchev–Trinajstić information content (AvgIpc) is 3.14. The highest BCUT2D eigenvalue weighted by Crippen LogP contribution is 2.20. The molecule has 8 heteroatoms. The molecule has 1 heterocycles. The lowest BCUT2D eigenvalue weighted by atomic mass is 10.2. The Kier molecular flexibility index (Phi) is 5.75. The third kappa shape index (κ3) is 4.87. The summed E-state index contributed by atoms with van der Waals surface area (Å²) < 4.78 is 36.9. The fourth-order valence-corrected chi connectivity index (χ4v) is 2.42. The number of carbonyl (C=O) groups excluding carboxylic acids is 1. The third-order valence-corrected chi connectivity index (χ3v) is 3.81. The first-order valence-corrected chi connectivity index (χ1v) is 8.27. The van der Waals surface area contributed by atoms with Crippen molar-refractivity contribution in [1.29, 1.82) is 0 Å². The van der Waals surface area contributed by atoms with Crippen LogP contribution in [0.15, 0.2) is 47.0 Å². The lowest BCUT2D eigenvalue weighted by Gasteiger charge is -2.05. The summed E-state index contributed by atoms with van der Waals surface area (Å²) in [5.41, 5.74) is 0.602. The molecule has 0 atom stereocenters. The predicted octanol–water partition coefficient (Wildman–Crippen LogP) is 3.98. The lowest BCUT2D eigenvalue weighted by molar-refractivity contribution is -0.116. The van der Waals surface area contributed by atoms with Gasteiger partial charge in [0, 0.05) is 24.5 Å². The van der Waals surface area contributed by atoms with E-state index in [0.717, 1.165) is 29.5 Å². The van der Waals surface area contributed by atoms with Crippen molar-refractivity contribution in [2.45, 2.75) is 19.3 Å².